The lowest BCUT2D eigenvalue weighted by Gasteiger charge is -2.22. The van der Waals surface area contributed by atoms with Crippen LogP contribution in [0.5, 0.6) is 5.75 Å². The molecule has 2 aromatic rings. The van der Waals surface area contributed by atoms with Gasteiger partial charge >= 0.3 is 0 Å². The van der Waals surface area contributed by atoms with Crippen LogP contribution in [-0.4, -0.2) is 13.2 Å². The Kier molecular flexibility index (Phi) is 5.19. The molecular weight excluding hydrogens is 246 g/mol. The quantitative estimate of drug-likeness (QED) is 0.856. The van der Waals surface area contributed by atoms with Gasteiger partial charge in [-0.2, -0.15) is 0 Å². The molecule has 2 aromatic carbocycles. The number of hydrogen-bond acceptors (Lipinski definition) is 2. The van der Waals surface area contributed by atoms with E-state index in [1.165, 1.54) is 11.1 Å². The van der Waals surface area contributed by atoms with Gasteiger partial charge in [-0.3, -0.25) is 0 Å². The summed E-state index contributed by atoms with van der Waals surface area (Å²) in [5.41, 5.74) is 2.56. The van der Waals surface area contributed by atoms with Crippen molar-refractivity contribution in [3.8, 4) is 5.75 Å². The van der Waals surface area contributed by atoms with Crippen LogP contribution >= 0.6 is 0 Å². The Balaban J connectivity index is 1.98. The lowest BCUT2D eigenvalue weighted by Crippen LogP contribution is -2.30. The van der Waals surface area contributed by atoms with E-state index in [1.54, 1.807) is 7.11 Å². The van der Waals surface area contributed by atoms with Crippen molar-refractivity contribution < 1.29 is 4.74 Å². The van der Waals surface area contributed by atoms with Crippen molar-refractivity contribution in [1.29, 1.82) is 0 Å². The summed E-state index contributed by atoms with van der Waals surface area (Å²) in [4.78, 5) is 0. The van der Waals surface area contributed by atoms with E-state index in [0.717, 1.165) is 12.2 Å². The highest BCUT2D eigenvalue weighted by molar-refractivity contribution is 5.35. The Morgan fingerprint density at radius 2 is 1.60 bits per heavy atom. The van der Waals surface area contributed by atoms with Crippen LogP contribution in [0.4, 0.5) is 0 Å². The van der Waals surface area contributed by atoms with Crippen LogP contribution in [0.1, 0.15) is 31.0 Å². The van der Waals surface area contributed by atoms with Gasteiger partial charge in [-0.05, 0) is 31.9 Å². The molecule has 0 spiro atoms. The summed E-state index contributed by atoms with van der Waals surface area (Å²) in [7, 11) is 1.72. The number of rotatable bonds is 6. The maximum atomic E-state index is 5.43. The van der Waals surface area contributed by atoms with Gasteiger partial charge in [-0.1, -0.05) is 48.5 Å². The number of nitrogens with one attached hydrogen (secondary N) is 1. The molecular formula is C18H23NO. The summed E-state index contributed by atoms with van der Waals surface area (Å²) in [5, 5.41) is 3.64. The Morgan fingerprint density at radius 3 is 2.30 bits per heavy atom. The van der Waals surface area contributed by atoms with E-state index in [9.17, 15) is 0 Å². The molecule has 2 heteroatoms. The lowest BCUT2D eigenvalue weighted by molar-refractivity contribution is 0.395. The smallest absolute Gasteiger partial charge is 0.123 e. The van der Waals surface area contributed by atoms with E-state index in [1.807, 2.05) is 12.1 Å². The lowest BCUT2D eigenvalue weighted by atomic mass is 10.0. The number of ether oxygens (including phenoxy) is 1. The molecule has 0 aliphatic heterocycles. The summed E-state index contributed by atoms with van der Waals surface area (Å²) in [6.07, 6.45) is 1.03. The average Bonchev–Trinajstić information content (AvgIpc) is 2.48. The topological polar surface area (TPSA) is 21.3 Å². The van der Waals surface area contributed by atoms with Crippen molar-refractivity contribution in [3.05, 3.63) is 65.7 Å². The largest absolute Gasteiger partial charge is 0.496 e. The maximum Gasteiger partial charge on any atom is 0.123 e. The number of hydrogen-bond donors (Lipinski definition) is 1. The third-order valence-electron chi connectivity index (χ3n) is 3.52. The molecule has 0 aliphatic carbocycles. The Hall–Kier alpha value is -1.80. The summed E-state index contributed by atoms with van der Waals surface area (Å²) < 4.78 is 5.43. The van der Waals surface area contributed by atoms with E-state index in [-0.39, 0.29) is 6.04 Å². The standard InChI is InChI=1S/C18H23NO/c1-14(13-16-9-5-4-6-10-16)19-15(2)17-11-7-8-12-18(17)20-3/h4-12,14-15,19H,13H2,1-3H3/t14?,15-/m1/s1. The third-order valence-corrected chi connectivity index (χ3v) is 3.52. The SMILES string of the molecule is COc1ccccc1[C@@H](C)NC(C)Cc1ccccc1. The molecule has 0 aromatic heterocycles. The summed E-state index contributed by atoms with van der Waals surface area (Å²) in [5.74, 6) is 0.944. The fraction of sp³-hybridized carbons (Fsp3) is 0.333. The Morgan fingerprint density at radius 1 is 0.950 bits per heavy atom. The van der Waals surface area contributed by atoms with Gasteiger partial charge in [0.2, 0.25) is 0 Å². The highest BCUT2D eigenvalue weighted by Crippen LogP contribution is 2.24. The summed E-state index contributed by atoms with van der Waals surface area (Å²) in [6, 6.07) is 19.4. The van der Waals surface area contributed by atoms with Crippen molar-refractivity contribution in [1.82, 2.24) is 5.32 Å². The first-order valence-corrected chi connectivity index (χ1v) is 7.13. The van der Waals surface area contributed by atoms with Crippen LogP contribution in [0.25, 0.3) is 0 Å². The van der Waals surface area contributed by atoms with Gasteiger partial charge in [0.05, 0.1) is 7.11 Å². The zero-order valence-electron chi connectivity index (χ0n) is 12.5. The van der Waals surface area contributed by atoms with Gasteiger partial charge in [0.15, 0.2) is 0 Å². The zero-order chi connectivity index (χ0) is 14.4. The predicted octanol–water partition coefficient (Wildman–Crippen LogP) is 3.98. The van der Waals surface area contributed by atoms with Crippen LogP contribution in [-0.2, 0) is 6.42 Å². The summed E-state index contributed by atoms with van der Waals surface area (Å²) >= 11 is 0. The van der Waals surface area contributed by atoms with Crippen molar-refractivity contribution in [2.24, 2.45) is 0 Å². The fourth-order valence-corrected chi connectivity index (χ4v) is 2.57. The highest BCUT2D eigenvalue weighted by atomic mass is 16.5. The first-order valence-electron chi connectivity index (χ1n) is 7.13. The fourth-order valence-electron chi connectivity index (χ4n) is 2.57. The van der Waals surface area contributed by atoms with Crippen molar-refractivity contribution in [3.63, 3.8) is 0 Å². The third kappa shape index (κ3) is 3.84. The molecule has 0 bridgehead atoms. The summed E-state index contributed by atoms with van der Waals surface area (Å²) in [6.45, 7) is 4.40. The molecule has 0 amide bonds. The van der Waals surface area contributed by atoms with Crippen molar-refractivity contribution in [2.75, 3.05) is 7.11 Å². The molecule has 2 nitrogen and oxygen atoms in total. The molecule has 20 heavy (non-hydrogen) atoms. The first kappa shape index (κ1) is 14.6. The van der Waals surface area contributed by atoms with E-state index in [2.05, 4.69) is 61.6 Å². The molecule has 2 atom stereocenters. The van der Waals surface area contributed by atoms with E-state index in [4.69, 9.17) is 4.74 Å². The zero-order valence-corrected chi connectivity index (χ0v) is 12.5. The van der Waals surface area contributed by atoms with Crippen molar-refractivity contribution in [2.45, 2.75) is 32.4 Å². The van der Waals surface area contributed by atoms with Crippen LogP contribution in [0.2, 0.25) is 0 Å². The number of para-hydroxylation sites is 1. The van der Waals surface area contributed by atoms with Gasteiger partial charge in [0, 0.05) is 17.6 Å². The minimum atomic E-state index is 0.268. The molecule has 0 heterocycles. The van der Waals surface area contributed by atoms with E-state index < -0.39 is 0 Å². The predicted molar refractivity (Wildman–Crippen MR) is 84.2 cm³/mol. The van der Waals surface area contributed by atoms with Gasteiger partial charge < -0.3 is 10.1 Å². The van der Waals surface area contributed by atoms with Gasteiger partial charge in [0.25, 0.3) is 0 Å². The Bertz CT molecular complexity index is 524. The highest BCUT2D eigenvalue weighted by Gasteiger charge is 2.13. The second-order valence-electron chi connectivity index (χ2n) is 5.22. The molecule has 0 saturated carbocycles. The van der Waals surface area contributed by atoms with Gasteiger partial charge in [0.1, 0.15) is 5.75 Å². The minimum absolute atomic E-state index is 0.268. The van der Waals surface area contributed by atoms with Crippen molar-refractivity contribution >= 4 is 0 Å². The number of methoxy groups -OCH3 is 1. The Labute approximate surface area is 121 Å². The molecule has 1 N–H and O–H groups in total. The average molecular weight is 269 g/mol. The monoisotopic (exact) mass is 269 g/mol. The first-order chi connectivity index (χ1) is 9.70. The molecule has 106 valence electrons. The van der Waals surface area contributed by atoms with Crippen LogP contribution in [0, 0.1) is 0 Å². The van der Waals surface area contributed by atoms with Gasteiger partial charge in [-0.15, -0.1) is 0 Å². The van der Waals surface area contributed by atoms with Crippen LogP contribution in [0.15, 0.2) is 54.6 Å². The second-order valence-corrected chi connectivity index (χ2v) is 5.22. The van der Waals surface area contributed by atoms with Gasteiger partial charge in [-0.25, -0.2) is 0 Å². The van der Waals surface area contributed by atoms with Crippen LogP contribution < -0.4 is 10.1 Å². The normalized spacial score (nSPS) is 13.8. The molecule has 0 fully saturated rings. The molecule has 2 rings (SSSR count). The van der Waals surface area contributed by atoms with Crippen LogP contribution in [0.3, 0.4) is 0 Å². The van der Waals surface area contributed by atoms with E-state index >= 15 is 0 Å². The molecule has 0 radical (unpaired) electrons. The molecule has 0 saturated heterocycles. The molecule has 0 aliphatic rings. The second kappa shape index (κ2) is 7.11. The number of benzene rings is 2. The molecule has 1 unspecified atom stereocenters. The maximum absolute atomic E-state index is 5.43. The minimum Gasteiger partial charge on any atom is -0.496 e. The van der Waals surface area contributed by atoms with E-state index in [0.29, 0.717) is 6.04 Å².